The number of carboxylic acid groups (broad SMARTS) is 1. The van der Waals surface area contributed by atoms with Crippen molar-refractivity contribution in [3.63, 3.8) is 0 Å². The molecule has 0 fully saturated rings. The Morgan fingerprint density at radius 1 is 0.909 bits per heavy atom. The van der Waals surface area contributed by atoms with Crippen LogP contribution in [0.4, 0.5) is 0 Å². The first-order valence-electron chi connectivity index (χ1n) is 10.3. The summed E-state index contributed by atoms with van der Waals surface area (Å²) in [6.07, 6.45) is 0.882. The van der Waals surface area contributed by atoms with Gasteiger partial charge in [0.15, 0.2) is 5.78 Å². The Labute approximate surface area is 196 Å². The van der Waals surface area contributed by atoms with Gasteiger partial charge in [-0.05, 0) is 47.5 Å². The molecule has 0 atom stereocenters. The van der Waals surface area contributed by atoms with Gasteiger partial charge in [0.25, 0.3) is 0 Å². The summed E-state index contributed by atoms with van der Waals surface area (Å²) in [5.74, 6) is -0.754. The Hall–Kier alpha value is -3.96. The minimum Gasteiger partial charge on any atom is -0.496 e. The van der Waals surface area contributed by atoms with Gasteiger partial charge in [0.05, 0.1) is 12.7 Å². The van der Waals surface area contributed by atoms with Gasteiger partial charge in [0.1, 0.15) is 5.75 Å². The third kappa shape index (κ3) is 4.94. The van der Waals surface area contributed by atoms with E-state index in [0.717, 1.165) is 16.9 Å². The molecule has 4 aromatic rings. The van der Waals surface area contributed by atoms with Crippen molar-refractivity contribution in [2.75, 3.05) is 7.11 Å². The number of benzene rings is 3. The third-order valence-electron chi connectivity index (χ3n) is 5.36. The van der Waals surface area contributed by atoms with Crippen molar-refractivity contribution in [2.45, 2.75) is 6.42 Å². The summed E-state index contributed by atoms with van der Waals surface area (Å²) in [5.41, 5.74) is 3.67. The van der Waals surface area contributed by atoms with E-state index in [0.29, 0.717) is 16.9 Å². The second-order valence-corrected chi connectivity index (χ2v) is 8.70. The lowest BCUT2D eigenvalue weighted by Crippen LogP contribution is -2.04. The Kier molecular flexibility index (Phi) is 6.52. The zero-order valence-corrected chi connectivity index (χ0v) is 18.9. The van der Waals surface area contributed by atoms with Crippen LogP contribution in [0.1, 0.15) is 36.7 Å². The molecule has 1 N–H and O–H groups in total. The Bertz CT molecular complexity index is 1320. The predicted octanol–water partition coefficient (Wildman–Crippen LogP) is 6.61. The van der Waals surface area contributed by atoms with Crippen molar-refractivity contribution in [3.05, 3.63) is 119 Å². The van der Waals surface area contributed by atoms with E-state index in [-0.39, 0.29) is 16.9 Å². The molecule has 0 spiro atoms. The van der Waals surface area contributed by atoms with E-state index in [4.69, 9.17) is 9.84 Å². The quantitative estimate of drug-likeness (QED) is 0.240. The molecule has 0 aliphatic heterocycles. The number of Topliss-reactive ketones (excluding diaryl/α,β-unsaturated/α-hetero) is 1. The van der Waals surface area contributed by atoms with Crippen LogP contribution in [-0.4, -0.2) is 24.0 Å². The molecule has 0 bridgehead atoms. The molecule has 0 aliphatic rings. The summed E-state index contributed by atoms with van der Waals surface area (Å²) >= 11 is 1.73. The molecule has 5 heteroatoms. The molecule has 0 amide bonds. The number of hydrogen-bond donors (Lipinski definition) is 1. The summed E-state index contributed by atoms with van der Waals surface area (Å²) < 4.78 is 5.58. The van der Waals surface area contributed by atoms with E-state index >= 15 is 0 Å². The molecule has 0 unspecified atom stereocenters. The van der Waals surface area contributed by atoms with Gasteiger partial charge < -0.3 is 9.84 Å². The summed E-state index contributed by atoms with van der Waals surface area (Å²) in [7, 11) is 1.57. The van der Waals surface area contributed by atoms with Crippen molar-refractivity contribution >= 4 is 28.7 Å². The molecular formula is C28H22O4S. The highest BCUT2D eigenvalue weighted by molar-refractivity contribution is 7.15. The molecular weight excluding hydrogens is 432 g/mol. The maximum Gasteiger partial charge on any atom is 0.335 e. The molecule has 0 saturated carbocycles. The number of carbonyl (C=O) groups is 2. The van der Waals surface area contributed by atoms with Gasteiger partial charge in [0.2, 0.25) is 0 Å². The van der Waals surface area contributed by atoms with Crippen molar-refractivity contribution in [3.8, 4) is 16.2 Å². The van der Waals surface area contributed by atoms with Crippen molar-refractivity contribution in [2.24, 2.45) is 0 Å². The lowest BCUT2D eigenvalue weighted by atomic mass is 9.95. The summed E-state index contributed by atoms with van der Waals surface area (Å²) in [4.78, 5) is 26.4. The fraction of sp³-hybridized carbons (Fsp3) is 0.0714. The minimum atomic E-state index is -1.04. The number of carbonyl (C=O) groups excluding carboxylic acids is 1. The van der Waals surface area contributed by atoms with Crippen LogP contribution in [0.3, 0.4) is 0 Å². The molecule has 0 saturated heterocycles. The van der Waals surface area contributed by atoms with Crippen LogP contribution in [0.2, 0.25) is 0 Å². The number of ketones is 1. The van der Waals surface area contributed by atoms with Crippen LogP contribution in [0.5, 0.6) is 5.75 Å². The fourth-order valence-electron chi connectivity index (χ4n) is 3.58. The SMILES string of the molecule is C=C(C(=O)c1ccc(C(=O)O)cc1)c1ccc(-c2ccc(Cc3ccccc3)s2)cc1OC. The molecule has 1 aromatic heterocycles. The highest BCUT2D eigenvalue weighted by Gasteiger charge is 2.18. The van der Waals surface area contributed by atoms with Gasteiger partial charge in [-0.25, -0.2) is 4.79 Å². The van der Waals surface area contributed by atoms with Crippen LogP contribution in [-0.2, 0) is 6.42 Å². The number of carboxylic acids is 1. The Morgan fingerprint density at radius 3 is 2.27 bits per heavy atom. The number of ether oxygens (including phenoxy) is 1. The van der Waals surface area contributed by atoms with Crippen molar-refractivity contribution in [1.82, 2.24) is 0 Å². The highest BCUT2D eigenvalue weighted by Crippen LogP contribution is 2.35. The number of methoxy groups -OCH3 is 1. The molecule has 3 aromatic carbocycles. The zero-order chi connectivity index (χ0) is 23.4. The van der Waals surface area contributed by atoms with E-state index in [9.17, 15) is 9.59 Å². The van der Waals surface area contributed by atoms with E-state index in [1.165, 1.54) is 34.7 Å². The topological polar surface area (TPSA) is 63.6 Å². The van der Waals surface area contributed by atoms with Crippen LogP contribution in [0, 0.1) is 0 Å². The van der Waals surface area contributed by atoms with E-state index in [1.54, 1.807) is 18.4 Å². The van der Waals surface area contributed by atoms with E-state index in [1.807, 2.05) is 36.4 Å². The van der Waals surface area contributed by atoms with E-state index < -0.39 is 5.97 Å². The van der Waals surface area contributed by atoms with Crippen LogP contribution < -0.4 is 4.74 Å². The summed E-state index contributed by atoms with van der Waals surface area (Å²) in [5, 5.41) is 9.05. The van der Waals surface area contributed by atoms with Crippen LogP contribution in [0.15, 0.2) is 91.5 Å². The van der Waals surface area contributed by atoms with Gasteiger partial charge in [0, 0.05) is 32.9 Å². The molecule has 164 valence electrons. The average molecular weight is 455 g/mol. The lowest BCUT2D eigenvalue weighted by Gasteiger charge is -2.12. The molecule has 33 heavy (non-hydrogen) atoms. The van der Waals surface area contributed by atoms with Gasteiger partial charge in [-0.15, -0.1) is 11.3 Å². The maximum atomic E-state index is 12.9. The Balaban J connectivity index is 1.56. The second kappa shape index (κ2) is 9.67. The normalized spacial score (nSPS) is 10.6. The standard InChI is InChI=1S/C28H22O4S/c1-18(27(29)20-8-10-21(11-9-20)28(30)31)24-14-12-22(17-25(24)32-2)26-15-13-23(33-26)16-19-6-4-3-5-7-19/h3-15,17H,1,16H2,2H3,(H,30,31). The fourth-order valence-corrected chi connectivity index (χ4v) is 4.62. The van der Waals surface area contributed by atoms with E-state index in [2.05, 4.69) is 30.8 Å². The first kappa shape index (κ1) is 22.2. The van der Waals surface area contributed by atoms with Gasteiger partial charge in [-0.3, -0.25) is 4.79 Å². The van der Waals surface area contributed by atoms with Crippen LogP contribution >= 0.6 is 11.3 Å². The molecule has 0 aliphatic carbocycles. The summed E-state index contributed by atoms with van der Waals surface area (Å²) in [6.45, 7) is 3.98. The largest absolute Gasteiger partial charge is 0.496 e. The first-order chi connectivity index (χ1) is 16.0. The van der Waals surface area contributed by atoms with Crippen molar-refractivity contribution < 1.29 is 19.4 Å². The number of aromatic carboxylic acids is 1. The van der Waals surface area contributed by atoms with Crippen LogP contribution in [0.25, 0.3) is 16.0 Å². The van der Waals surface area contributed by atoms with Gasteiger partial charge in [-0.1, -0.05) is 55.1 Å². The second-order valence-electron chi connectivity index (χ2n) is 7.53. The highest BCUT2D eigenvalue weighted by atomic mass is 32.1. The van der Waals surface area contributed by atoms with Gasteiger partial charge in [-0.2, -0.15) is 0 Å². The Morgan fingerprint density at radius 2 is 1.61 bits per heavy atom. The molecule has 0 radical (unpaired) electrons. The zero-order valence-electron chi connectivity index (χ0n) is 18.1. The lowest BCUT2D eigenvalue weighted by molar-refractivity contribution is 0.0696. The number of rotatable bonds is 8. The predicted molar refractivity (Wildman–Crippen MR) is 132 cm³/mol. The smallest absolute Gasteiger partial charge is 0.335 e. The molecule has 4 nitrogen and oxygen atoms in total. The molecule has 1 heterocycles. The van der Waals surface area contributed by atoms with Gasteiger partial charge >= 0.3 is 5.97 Å². The van der Waals surface area contributed by atoms with Crippen molar-refractivity contribution in [1.29, 1.82) is 0 Å². The number of thiophene rings is 1. The number of allylic oxidation sites excluding steroid dienone is 1. The third-order valence-corrected chi connectivity index (χ3v) is 6.50. The maximum absolute atomic E-state index is 12.9. The summed E-state index contributed by atoms with van der Waals surface area (Å²) in [6, 6.07) is 26.1. The number of hydrogen-bond acceptors (Lipinski definition) is 4. The first-order valence-corrected chi connectivity index (χ1v) is 11.2. The molecule has 4 rings (SSSR count). The minimum absolute atomic E-state index is 0.127. The monoisotopic (exact) mass is 454 g/mol. The average Bonchev–Trinajstić information content (AvgIpc) is 3.31.